The lowest BCUT2D eigenvalue weighted by Crippen LogP contribution is -2.53. The number of halogens is 1. The predicted octanol–water partition coefficient (Wildman–Crippen LogP) is 2.52. The minimum atomic E-state index is -1.27. The van der Waals surface area contributed by atoms with Gasteiger partial charge in [-0.15, -0.1) is 0 Å². The molecule has 2 aromatic rings. The van der Waals surface area contributed by atoms with Crippen molar-refractivity contribution in [1.82, 2.24) is 15.2 Å². The third kappa shape index (κ3) is 4.94. The highest BCUT2D eigenvalue weighted by Gasteiger charge is 2.54. The summed E-state index contributed by atoms with van der Waals surface area (Å²) in [6, 6.07) is 3.87. The number of aromatic hydroxyl groups is 1. The number of rotatable bonds is 8. The monoisotopic (exact) mass is 594 g/mol. The van der Waals surface area contributed by atoms with Crippen molar-refractivity contribution < 1.29 is 38.8 Å². The smallest absolute Gasteiger partial charge is 0.255 e. The van der Waals surface area contributed by atoms with Gasteiger partial charge in [-0.25, -0.2) is 9.37 Å². The zero-order valence-corrected chi connectivity index (χ0v) is 24.3. The van der Waals surface area contributed by atoms with E-state index in [0.29, 0.717) is 28.1 Å². The fraction of sp³-hybridized carbons (Fsp3) is 0.419. The number of pyridine rings is 1. The fourth-order valence-electron chi connectivity index (χ4n) is 6.78. The average Bonchev–Trinajstić information content (AvgIpc) is 2.95. The number of benzene rings is 1. The minimum Gasteiger partial charge on any atom is -0.511 e. The Morgan fingerprint density at radius 3 is 2.53 bits per heavy atom. The molecule has 0 saturated carbocycles. The van der Waals surface area contributed by atoms with E-state index in [9.17, 15) is 34.1 Å². The Morgan fingerprint density at radius 1 is 1.23 bits per heavy atom. The second-order valence-electron chi connectivity index (χ2n) is 11.6. The number of hydrogen-bond donors (Lipinski definition) is 5. The highest BCUT2D eigenvalue weighted by molar-refractivity contribution is 6.22. The van der Waals surface area contributed by atoms with Crippen LogP contribution in [0.3, 0.4) is 0 Å². The zero-order chi connectivity index (χ0) is 31.3. The van der Waals surface area contributed by atoms with E-state index in [4.69, 9.17) is 10.5 Å². The zero-order valence-electron chi connectivity index (χ0n) is 24.3. The highest BCUT2D eigenvalue weighted by atomic mass is 19.1. The summed E-state index contributed by atoms with van der Waals surface area (Å²) < 4.78 is 18.4. The van der Waals surface area contributed by atoms with Gasteiger partial charge in [0.05, 0.1) is 24.6 Å². The first-order valence-electron chi connectivity index (χ1n) is 14.0. The predicted molar refractivity (Wildman–Crippen MR) is 154 cm³/mol. The van der Waals surface area contributed by atoms with Crippen molar-refractivity contribution in [3.8, 4) is 22.8 Å². The summed E-state index contributed by atoms with van der Waals surface area (Å²) >= 11 is 0. The number of amides is 1. The minimum absolute atomic E-state index is 0.0128. The number of alkyl halides is 1. The number of phenolic OH excluding ortho intramolecular Hbond substituents is 1. The molecule has 0 saturated heterocycles. The molecule has 0 aliphatic heterocycles. The van der Waals surface area contributed by atoms with Gasteiger partial charge in [0, 0.05) is 41.5 Å². The van der Waals surface area contributed by atoms with Crippen molar-refractivity contribution in [3.05, 3.63) is 63.8 Å². The molecular weight excluding hydrogens is 559 g/mol. The number of primary amides is 1. The average molecular weight is 595 g/mol. The van der Waals surface area contributed by atoms with E-state index in [0.717, 1.165) is 0 Å². The summed E-state index contributed by atoms with van der Waals surface area (Å²) in [7, 11) is 4.85. The number of methoxy groups -OCH3 is 1. The van der Waals surface area contributed by atoms with Crippen molar-refractivity contribution in [2.24, 2.45) is 23.5 Å². The van der Waals surface area contributed by atoms with Crippen molar-refractivity contribution in [1.29, 1.82) is 0 Å². The molecule has 11 nitrogen and oxygen atoms in total. The number of aliphatic hydroxyl groups excluding tert-OH is 2. The van der Waals surface area contributed by atoms with Crippen LogP contribution in [0.2, 0.25) is 0 Å². The number of aliphatic hydroxyl groups is 2. The number of allylic oxidation sites excluding steroid dienone is 2. The molecule has 1 aromatic carbocycles. The quantitative estimate of drug-likeness (QED) is 0.286. The van der Waals surface area contributed by atoms with Gasteiger partial charge >= 0.3 is 0 Å². The molecule has 1 aromatic heterocycles. The Morgan fingerprint density at radius 2 is 1.95 bits per heavy atom. The van der Waals surface area contributed by atoms with Gasteiger partial charge in [-0.05, 0) is 69.0 Å². The summed E-state index contributed by atoms with van der Waals surface area (Å²) in [5.41, 5.74) is 6.99. The molecule has 1 heterocycles. The maximum Gasteiger partial charge on any atom is 0.255 e. The van der Waals surface area contributed by atoms with Crippen molar-refractivity contribution in [2.75, 3.05) is 27.9 Å². The molecule has 0 radical (unpaired) electrons. The Labute approximate surface area is 247 Å². The number of carbonyl (C=O) groups is 3. The number of ketones is 2. The van der Waals surface area contributed by atoms with Gasteiger partial charge in [-0.2, -0.15) is 0 Å². The number of fused-ring (bicyclic) bond motifs is 3. The number of aromatic nitrogens is 1. The number of phenols is 1. The summed E-state index contributed by atoms with van der Waals surface area (Å²) in [5.74, 6) is -5.95. The summed E-state index contributed by atoms with van der Waals surface area (Å²) in [5, 5.41) is 36.9. The molecule has 5 atom stereocenters. The van der Waals surface area contributed by atoms with Crippen molar-refractivity contribution >= 4 is 17.5 Å². The number of nitrogens with two attached hydrogens (primary N) is 1. The van der Waals surface area contributed by atoms with Crippen LogP contribution in [0.1, 0.15) is 34.8 Å². The third-order valence-corrected chi connectivity index (χ3v) is 8.77. The van der Waals surface area contributed by atoms with Crippen LogP contribution in [-0.4, -0.2) is 82.6 Å². The lowest BCUT2D eigenvalue weighted by atomic mass is 9.60. The van der Waals surface area contributed by atoms with E-state index in [-0.39, 0.29) is 36.3 Å². The molecule has 3 aliphatic carbocycles. The van der Waals surface area contributed by atoms with Gasteiger partial charge in [0.15, 0.2) is 11.6 Å². The van der Waals surface area contributed by atoms with Gasteiger partial charge in [0.2, 0.25) is 5.88 Å². The SMILES string of the molecule is COc1ccc(-c2cc(CNC(C)CF)c(O)c3c2CC2CC4C(C(=O)C(C(N)=O)=C(O)[C@H]4N(C)C)C(O)=C2C3=O)cn1. The van der Waals surface area contributed by atoms with Crippen LogP contribution in [0, 0.1) is 17.8 Å². The molecule has 3 aliphatic rings. The Kier molecular flexibility index (Phi) is 8.01. The highest BCUT2D eigenvalue weighted by Crippen LogP contribution is 2.52. The van der Waals surface area contributed by atoms with Gasteiger partial charge in [-0.1, -0.05) is 0 Å². The Balaban J connectivity index is 1.69. The van der Waals surface area contributed by atoms with Crippen LogP contribution in [-0.2, 0) is 22.6 Å². The summed E-state index contributed by atoms with van der Waals surface area (Å²) in [6.07, 6.45) is 2.06. The molecule has 5 rings (SSSR count). The number of ether oxygens (including phenoxy) is 1. The number of nitrogens with one attached hydrogen (secondary N) is 1. The Bertz CT molecular complexity index is 1570. The summed E-state index contributed by atoms with van der Waals surface area (Å²) in [6.45, 7) is 1.07. The second-order valence-corrected chi connectivity index (χ2v) is 11.6. The van der Waals surface area contributed by atoms with Crippen LogP contribution >= 0.6 is 0 Å². The van der Waals surface area contributed by atoms with Crippen LogP contribution in [0.15, 0.2) is 47.1 Å². The van der Waals surface area contributed by atoms with Gasteiger partial charge < -0.3 is 31.1 Å². The Hall–Kier alpha value is -4.29. The lowest BCUT2D eigenvalue weighted by Gasteiger charge is -2.46. The molecule has 0 bridgehead atoms. The molecule has 6 N–H and O–H groups in total. The van der Waals surface area contributed by atoms with Crippen LogP contribution in [0.4, 0.5) is 4.39 Å². The maximum absolute atomic E-state index is 14.2. The lowest BCUT2D eigenvalue weighted by molar-refractivity contribution is -0.127. The topological polar surface area (TPSA) is 175 Å². The molecule has 0 fully saturated rings. The van der Waals surface area contributed by atoms with E-state index in [1.807, 2.05) is 0 Å². The van der Waals surface area contributed by atoms with E-state index in [1.54, 1.807) is 50.3 Å². The van der Waals surface area contributed by atoms with Crippen molar-refractivity contribution in [2.45, 2.75) is 38.4 Å². The van der Waals surface area contributed by atoms with Crippen LogP contribution in [0.5, 0.6) is 11.6 Å². The number of hydrogen-bond acceptors (Lipinski definition) is 10. The van der Waals surface area contributed by atoms with E-state index in [1.165, 1.54) is 7.11 Å². The number of carbonyl (C=O) groups excluding carboxylic acids is 3. The van der Waals surface area contributed by atoms with Gasteiger partial charge in [0.25, 0.3) is 5.91 Å². The molecule has 0 spiro atoms. The second kappa shape index (κ2) is 11.4. The molecular formula is C31H35FN4O7. The summed E-state index contributed by atoms with van der Waals surface area (Å²) in [4.78, 5) is 45.8. The first-order chi connectivity index (χ1) is 20.4. The van der Waals surface area contributed by atoms with Gasteiger partial charge in [0.1, 0.15) is 29.5 Å². The number of Topliss-reactive ketones (excluding diaryl/α,β-unsaturated/α-hetero) is 2. The first kappa shape index (κ1) is 30.2. The van der Waals surface area contributed by atoms with E-state index < -0.39 is 71.1 Å². The van der Waals surface area contributed by atoms with Gasteiger partial charge in [-0.3, -0.25) is 19.3 Å². The normalized spacial score (nSPS) is 24.0. The molecule has 43 heavy (non-hydrogen) atoms. The first-order valence-corrected chi connectivity index (χ1v) is 14.0. The molecule has 4 unspecified atom stereocenters. The largest absolute Gasteiger partial charge is 0.511 e. The molecule has 1 amide bonds. The maximum atomic E-state index is 14.2. The van der Waals surface area contributed by atoms with Crippen molar-refractivity contribution in [3.63, 3.8) is 0 Å². The fourth-order valence-corrected chi connectivity index (χ4v) is 6.78. The molecule has 12 heteroatoms. The number of nitrogens with zero attached hydrogens (tertiary/aromatic N) is 2. The number of likely N-dealkylation sites (N-methyl/N-ethyl adjacent to an activating group) is 1. The third-order valence-electron chi connectivity index (χ3n) is 8.77. The van der Waals surface area contributed by atoms with Crippen LogP contribution < -0.4 is 15.8 Å². The van der Waals surface area contributed by atoms with E-state index in [2.05, 4.69) is 10.3 Å². The van der Waals surface area contributed by atoms with E-state index >= 15 is 0 Å². The standard InChI is InChI=1S/C31H35FN4O7/c1-13(10-32)34-12-16-9-17(14-5-6-20(43-4)35-11-14)18-7-15-8-19-23(28(39)21(15)27(38)22(18)26(16)37)29(40)24(31(33)42)30(41)25(19)36(2)3/h5-6,9,11,13,15,19,23,25,34,37,39,41H,7-8,10,12H2,1-4H3,(H2,33,42)/t13?,15?,19?,23?,25-/m0/s1. The molecule has 228 valence electrons. The van der Waals surface area contributed by atoms with Crippen LogP contribution in [0.25, 0.3) is 11.1 Å².